The molecule has 1 atom stereocenters. The van der Waals surface area contributed by atoms with Crippen LogP contribution in [0.4, 0.5) is 0 Å². The summed E-state index contributed by atoms with van der Waals surface area (Å²) in [5.74, 6) is 0.591. The third-order valence-electron chi connectivity index (χ3n) is 2.43. The first-order chi connectivity index (χ1) is 9.22. The minimum absolute atomic E-state index is 0.253. The van der Waals surface area contributed by atoms with E-state index >= 15 is 0 Å². The topological polar surface area (TPSA) is 82.9 Å². The van der Waals surface area contributed by atoms with E-state index in [-0.39, 0.29) is 5.88 Å². The molecule has 0 saturated heterocycles. The van der Waals surface area contributed by atoms with Crippen LogP contribution in [0.2, 0.25) is 0 Å². The summed E-state index contributed by atoms with van der Waals surface area (Å²) in [7, 11) is 4.56. The summed E-state index contributed by atoms with van der Waals surface area (Å²) in [5.41, 5.74) is 0.374. The predicted octanol–water partition coefficient (Wildman–Crippen LogP) is 0.580. The lowest BCUT2D eigenvalue weighted by molar-refractivity contribution is 0.0459. The highest BCUT2D eigenvalue weighted by Gasteiger charge is 2.17. The van der Waals surface area contributed by atoms with Gasteiger partial charge in [-0.05, 0) is 0 Å². The molecule has 108 valence electrons. The molecular weight excluding hydrogens is 252 g/mol. The highest BCUT2D eigenvalue weighted by Crippen LogP contribution is 2.24. The van der Waals surface area contributed by atoms with E-state index in [2.05, 4.69) is 9.97 Å². The zero-order valence-corrected chi connectivity index (χ0v) is 11.5. The fourth-order valence-corrected chi connectivity index (χ4v) is 1.42. The van der Waals surface area contributed by atoms with E-state index in [1.54, 1.807) is 7.11 Å². The number of hydrogen-bond acceptors (Lipinski definition) is 7. The third-order valence-corrected chi connectivity index (χ3v) is 2.43. The van der Waals surface area contributed by atoms with Crippen LogP contribution in [0.3, 0.4) is 0 Å². The molecule has 0 aliphatic heterocycles. The maximum Gasteiger partial charge on any atom is 0.241 e. The Morgan fingerprint density at radius 3 is 2.58 bits per heavy atom. The van der Waals surface area contributed by atoms with E-state index in [1.165, 1.54) is 20.4 Å². The third kappa shape index (κ3) is 4.98. The van der Waals surface area contributed by atoms with Crippen molar-refractivity contribution in [3.05, 3.63) is 11.9 Å². The lowest BCUT2D eigenvalue weighted by Gasteiger charge is -2.13. The number of ether oxygens (including phenoxy) is 4. The zero-order chi connectivity index (χ0) is 14.1. The highest BCUT2D eigenvalue weighted by molar-refractivity contribution is 5.24. The number of hydrogen-bond donors (Lipinski definition) is 1. The second kappa shape index (κ2) is 8.63. The molecular formula is C12H20N2O5. The van der Waals surface area contributed by atoms with Crippen molar-refractivity contribution in [2.24, 2.45) is 0 Å². The van der Waals surface area contributed by atoms with Gasteiger partial charge in [0.2, 0.25) is 11.8 Å². The summed E-state index contributed by atoms with van der Waals surface area (Å²) < 4.78 is 20.2. The van der Waals surface area contributed by atoms with Crippen LogP contribution in [0.25, 0.3) is 0 Å². The SMILES string of the molecule is COCCOCCC(O)c1ncc(OC)nc1OC. The quantitative estimate of drug-likeness (QED) is 0.658. The van der Waals surface area contributed by atoms with Crippen molar-refractivity contribution in [3.63, 3.8) is 0 Å². The van der Waals surface area contributed by atoms with Crippen molar-refractivity contribution < 1.29 is 24.1 Å². The van der Waals surface area contributed by atoms with Gasteiger partial charge in [0.25, 0.3) is 0 Å². The average molecular weight is 272 g/mol. The lowest BCUT2D eigenvalue weighted by Crippen LogP contribution is -2.10. The van der Waals surface area contributed by atoms with Gasteiger partial charge in [-0.2, -0.15) is 4.98 Å². The number of aromatic nitrogens is 2. The number of aliphatic hydroxyl groups excluding tert-OH is 1. The summed E-state index contributed by atoms with van der Waals surface area (Å²) >= 11 is 0. The molecule has 0 amide bonds. The monoisotopic (exact) mass is 272 g/mol. The standard InChI is InChI=1S/C12H20N2O5/c1-16-6-7-19-5-4-9(15)11-12(18-3)14-10(17-2)8-13-11/h8-9,15H,4-7H2,1-3H3. The molecule has 7 nitrogen and oxygen atoms in total. The molecule has 19 heavy (non-hydrogen) atoms. The minimum Gasteiger partial charge on any atom is -0.480 e. The smallest absolute Gasteiger partial charge is 0.241 e. The van der Waals surface area contributed by atoms with E-state index in [9.17, 15) is 5.11 Å². The van der Waals surface area contributed by atoms with Gasteiger partial charge in [0.1, 0.15) is 11.8 Å². The molecule has 0 spiro atoms. The van der Waals surface area contributed by atoms with Crippen LogP contribution in [0.15, 0.2) is 6.20 Å². The largest absolute Gasteiger partial charge is 0.480 e. The number of rotatable bonds is 9. The van der Waals surface area contributed by atoms with Gasteiger partial charge in [0.15, 0.2) is 0 Å². The molecule has 0 aliphatic carbocycles. The van der Waals surface area contributed by atoms with Gasteiger partial charge >= 0.3 is 0 Å². The Hall–Kier alpha value is -1.44. The van der Waals surface area contributed by atoms with Gasteiger partial charge in [0, 0.05) is 20.1 Å². The fraction of sp³-hybridized carbons (Fsp3) is 0.667. The Kier molecular flexibility index (Phi) is 7.09. The van der Waals surface area contributed by atoms with E-state index < -0.39 is 6.10 Å². The molecule has 1 N–H and O–H groups in total. The molecule has 0 radical (unpaired) electrons. The molecule has 1 rings (SSSR count). The molecule has 0 aliphatic rings. The van der Waals surface area contributed by atoms with Crippen LogP contribution in [0, 0.1) is 0 Å². The first-order valence-electron chi connectivity index (χ1n) is 5.92. The van der Waals surface area contributed by atoms with Crippen LogP contribution in [-0.4, -0.2) is 56.2 Å². The Bertz CT molecular complexity index is 375. The molecule has 1 heterocycles. The van der Waals surface area contributed by atoms with Gasteiger partial charge in [0.05, 0.1) is 33.6 Å². The zero-order valence-electron chi connectivity index (χ0n) is 11.5. The fourth-order valence-electron chi connectivity index (χ4n) is 1.42. The van der Waals surface area contributed by atoms with E-state index in [1.807, 2.05) is 0 Å². The van der Waals surface area contributed by atoms with Gasteiger partial charge in [-0.15, -0.1) is 0 Å². The minimum atomic E-state index is -0.795. The Morgan fingerprint density at radius 1 is 1.16 bits per heavy atom. The van der Waals surface area contributed by atoms with E-state index in [0.717, 1.165) is 0 Å². The van der Waals surface area contributed by atoms with E-state index in [0.29, 0.717) is 37.8 Å². The van der Waals surface area contributed by atoms with Crippen molar-refractivity contribution >= 4 is 0 Å². The maximum absolute atomic E-state index is 10.0. The summed E-state index contributed by atoms with van der Waals surface area (Å²) in [6.45, 7) is 1.43. The number of aliphatic hydroxyl groups is 1. The van der Waals surface area contributed by atoms with Crippen molar-refractivity contribution in [1.29, 1.82) is 0 Å². The maximum atomic E-state index is 10.0. The molecule has 0 saturated carbocycles. The van der Waals surface area contributed by atoms with Crippen LogP contribution >= 0.6 is 0 Å². The van der Waals surface area contributed by atoms with Crippen molar-refractivity contribution in [3.8, 4) is 11.8 Å². The normalized spacial score (nSPS) is 12.2. The highest BCUT2D eigenvalue weighted by atomic mass is 16.5. The molecule has 1 unspecified atom stereocenters. The summed E-state index contributed by atoms with van der Waals surface area (Å²) in [4.78, 5) is 8.15. The Labute approximate surface area is 112 Å². The molecule has 0 fully saturated rings. The Balaban J connectivity index is 2.53. The molecule has 1 aromatic rings. The molecule has 0 bridgehead atoms. The van der Waals surface area contributed by atoms with Crippen LogP contribution in [-0.2, 0) is 9.47 Å². The summed E-state index contributed by atoms with van der Waals surface area (Å²) in [6.07, 6.45) is 1.05. The van der Waals surface area contributed by atoms with Crippen LogP contribution in [0.1, 0.15) is 18.2 Å². The summed E-state index contributed by atoms with van der Waals surface area (Å²) in [6, 6.07) is 0. The first-order valence-corrected chi connectivity index (χ1v) is 5.92. The van der Waals surface area contributed by atoms with E-state index in [4.69, 9.17) is 18.9 Å². The van der Waals surface area contributed by atoms with Crippen LogP contribution < -0.4 is 9.47 Å². The first kappa shape index (κ1) is 15.6. The Morgan fingerprint density at radius 2 is 1.95 bits per heavy atom. The van der Waals surface area contributed by atoms with Gasteiger partial charge < -0.3 is 24.1 Å². The second-order valence-corrected chi connectivity index (χ2v) is 3.72. The van der Waals surface area contributed by atoms with Crippen molar-refractivity contribution in [1.82, 2.24) is 9.97 Å². The van der Waals surface area contributed by atoms with Gasteiger partial charge in [-0.1, -0.05) is 0 Å². The summed E-state index contributed by atoms with van der Waals surface area (Å²) in [5, 5.41) is 10.0. The molecule has 0 aromatic carbocycles. The van der Waals surface area contributed by atoms with Gasteiger partial charge in [-0.25, -0.2) is 4.98 Å². The predicted molar refractivity (Wildman–Crippen MR) is 67.4 cm³/mol. The number of methoxy groups -OCH3 is 3. The van der Waals surface area contributed by atoms with Crippen molar-refractivity contribution in [2.45, 2.75) is 12.5 Å². The van der Waals surface area contributed by atoms with Crippen molar-refractivity contribution in [2.75, 3.05) is 41.2 Å². The molecule has 1 aromatic heterocycles. The number of nitrogens with zero attached hydrogens (tertiary/aromatic N) is 2. The average Bonchev–Trinajstić information content (AvgIpc) is 2.46. The molecule has 7 heteroatoms. The second-order valence-electron chi connectivity index (χ2n) is 3.72. The van der Waals surface area contributed by atoms with Gasteiger partial charge in [-0.3, -0.25) is 0 Å². The lowest BCUT2D eigenvalue weighted by atomic mass is 10.2. The van der Waals surface area contributed by atoms with Crippen LogP contribution in [0.5, 0.6) is 11.8 Å².